The summed E-state index contributed by atoms with van der Waals surface area (Å²) in [5, 5.41) is 14.8. The summed E-state index contributed by atoms with van der Waals surface area (Å²) in [6.45, 7) is 0.0859. The summed E-state index contributed by atoms with van der Waals surface area (Å²) in [6, 6.07) is 11.2. The molecule has 156 valence electrons. The number of hydrogen-bond donors (Lipinski definition) is 1. The predicted octanol–water partition coefficient (Wildman–Crippen LogP) is 2.99. The number of benzene rings is 2. The number of carbonyl (C=O) groups excluding carboxylic acids is 3. The van der Waals surface area contributed by atoms with Crippen LogP contribution in [0.1, 0.15) is 15.9 Å². The van der Waals surface area contributed by atoms with Crippen molar-refractivity contribution in [2.75, 3.05) is 6.61 Å². The molecule has 1 aliphatic rings. The summed E-state index contributed by atoms with van der Waals surface area (Å²) in [4.78, 5) is 47.5. The lowest BCUT2D eigenvalue weighted by Gasteiger charge is -2.06. The summed E-state index contributed by atoms with van der Waals surface area (Å²) >= 11 is 5.92. The Morgan fingerprint density at radius 2 is 1.94 bits per heavy atom. The summed E-state index contributed by atoms with van der Waals surface area (Å²) < 4.78 is 6.25. The number of halogens is 1. The first-order valence-electron chi connectivity index (χ1n) is 9.07. The fraction of sp³-hybridized carbons (Fsp3) is 0.0952. The van der Waals surface area contributed by atoms with Gasteiger partial charge in [-0.2, -0.15) is 0 Å². The molecule has 0 saturated carbocycles. The maximum absolute atomic E-state index is 12.9. The number of carbonyl (C=O) groups is 3. The van der Waals surface area contributed by atoms with E-state index in [0.29, 0.717) is 5.02 Å². The first kappa shape index (κ1) is 20.3. The number of Topliss-reactive ketones (excluding diaryl/α,β-unsaturated/α-hetero) is 1. The van der Waals surface area contributed by atoms with Crippen LogP contribution < -0.4 is 5.32 Å². The largest absolute Gasteiger partial charge is 0.456 e. The number of cyclic esters (lactones) is 1. The molecule has 1 amide bonds. The van der Waals surface area contributed by atoms with Gasteiger partial charge >= 0.3 is 5.97 Å². The molecule has 0 saturated heterocycles. The highest BCUT2D eigenvalue weighted by Crippen LogP contribution is 2.31. The van der Waals surface area contributed by atoms with E-state index < -0.39 is 22.6 Å². The van der Waals surface area contributed by atoms with Crippen LogP contribution in [0.2, 0.25) is 5.02 Å². The molecule has 9 nitrogen and oxygen atoms in total. The Hall–Kier alpha value is -3.98. The number of non-ortho nitro benzene ring substituents is 1. The molecule has 31 heavy (non-hydrogen) atoms. The van der Waals surface area contributed by atoms with Gasteiger partial charge < -0.3 is 14.6 Å². The number of ketones is 1. The Morgan fingerprint density at radius 1 is 1.19 bits per heavy atom. The van der Waals surface area contributed by atoms with Gasteiger partial charge in [0, 0.05) is 35.3 Å². The molecule has 2 aromatic carbocycles. The van der Waals surface area contributed by atoms with Gasteiger partial charge in [0.1, 0.15) is 12.1 Å². The second-order valence-electron chi connectivity index (χ2n) is 6.79. The van der Waals surface area contributed by atoms with Gasteiger partial charge in [-0.15, -0.1) is 0 Å². The zero-order valence-corrected chi connectivity index (χ0v) is 16.6. The van der Waals surface area contributed by atoms with Gasteiger partial charge in [-0.05, 0) is 17.7 Å². The van der Waals surface area contributed by atoms with Crippen LogP contribution in [-0.2, 0) is 20.9 Å². The lowest BCUT2D eigenvalue weighted by atomic mass is 10.1. The lowest BCUT2D eigenvalue weighted by Crippen LogP contribution is -2.31. The third-order valence-electron chi connectivity index (χ3n) is 4.73. The third kappa shape index (κ3) is 4.03. The zero-order chi connectivity index (χ0) is 22.1. The summed E-state index contributed by atoms with van der Waals surface area (Å²) in [5.41, 5.74) is 1.01. The van der Waals surface area contributed by atoms with Crippen LogP contribution in [0.25, 0.3) is 10.9 Å². The number of hydrogen-bond acceptors (Lipinski definition) is 6. The maximum atomic E-state index is 12.9. The number of ether oxygens (including phenoxy) is 1. The molecule has 0 atom stereocenters. The highest BCUT2D eigenvalue weighted by atomic mass is 35.5. The van der Waals surface area contributed by atoms with Gasteiger partial charge in [-0.3, -0.25) is 19.7 Å². The molecule has 3 aromatic rings. The maximum Gasteiger partial charge on any atom is 0.333 e. The fourth-order valence-electron chi connectivity index (χ4n) is 3.35. The van der Waals surface area contributed by atoms with Crippen molar-refractivity contribution in [2.45, 2.75) is 6.54 Å². The Kier molecular flexibility index (Phi) is 5.26. The molecule has 10 heteroatoms. The van der Waals surface area contributed by atoms with Gasteiger partial charge in [0.05, 0.1) is 16.2 Å². The SMILES string of the molecule is O=C1C=C(NC(=O)C(=O)c2cn(Cc3ccc(Cl)cc3)c3c([N+](=O)[O-])cccc23)CO1. The van der Waals surface area contributed by atoms with Crippen molar-refractivity contribution in [1.29, 1.82) is 0 Å². The van der Waals surface area contributed by atoms with E-state index in [4.69, 9.17) is 16.3 Å². The summed E-state index contributed by atoms with van der Waals surface area (Å²) in [6.07, 6.45) is 2.50. The first-order valence-corrected chi connectivity index (χ1v) is 9.45. The molecule has 2 heterocycles. The van der Waals surface area contributed by atoms with E-state index in [1.165, 1.54) is 18.3 Å². The van der Waals surface area contributed by atoms with E-state index in [9.17, 15) is 24.5 Å². The van der Waals surface area contributed by atoms with Gasteiger partial charge in [-0.1, -0.05) is 35.9 Å². The smallest absolute Gasteiger partial charge is 0.333 e. The second-order valence-corrected chi connectivity index (χ2v) is 7.22. The molecular formula is C21H14ClN3O6. The number of nitro benzene ring substituents is 1. The van der Waals surface area contributed by atoms with Crippen LogP contribution in [0.5, 0.6) is 0 Å². The van der Waals surface area contributed by atoms with Crippen LogP contribution in [0, 0.1) is 10.1 Å². The van der Waals surface area contributed by atoms with E-state index in [-0.39, 0.29) is 41.0 Å². The van der Waals surface area contributed by atoms with E-state index in [0.717, 1.165) is 11.6 Å². The van der Waals surface area contributed by atoms with Crippen molar-refractivity contribution >= 4 is 45.9 Å². The molecule has 1 aromatic heterocycles. The molecule has 0 bridgehead atoms. The first-order chi connectivity index (χ1) is 14.8. The number of para-hydroxylation sites is 1. The summed E-state index contributed by atoms with van der Waals surface area (Å²) in [5.74, 6) is -2.47. The van der Waals surface area contributed by atoms with Crippen molar-refractivity contribution in [3.63, 3.8) is 0 Å². The van der Waals surface area contributed by atoms with E-state index >= 15 is 0 Å². The molecule has 4 rings (SSSR count). The minimum atomic E-state index is -0.971. The van der Waals surface area contributed by atoms with Crippen LogP contribution in [0.3, 0.4) is 0 Å². The lowest BCUT2D eigenvalue weighted by molar-refractivity contribution is -0.383. The van der Waals surface area contributed by atoms with Crippen LogP contribution in [-0.4, -0.2) is 33.8 Å². The molecule has 0 unspecified atom stereocenters. The van der Waals surface area contributed by atoms with Crippen molar-refractivity contribution in [3.05, 3.63) is 86.7 Å². The molecule has 0 spiro atoms. The summed E-state index contributed by atoms with van der Waals surface area (Å²) in [7, 11) is 0. The quantitative estimate of drug-likeness (QED) is 0.207. The zero-order valence-electron chi connectivity index (χ0n) is 15.8. The number of amides is 1. The number of aromatic nitrogens is 1. The molecule has 0 aliphatic carbocycles. The number of nitro groups is 1. The topological polar surface area (TPSA) is 121 Å². The Labute approximate surface area is 180 Å². The minimum Gasteiger partial charge on any atom is -0.456 e. The van der Waals surface area contributed by atoms with Crippen LogP contribution in [0.4, 0.5) is 5.69 Å². The molecular weight excluding hydrogens is 426 g/mol. The molecule has 0 radical (unpaired) electrons. The average molecular weight is 440 g/mol. The highest BCUT2D eigenvalue weighted by Gasteiger charge is 2.27. The Morgan fingerprint density at radius 3 is 2.58 bits per heavy atom. The van der Waals surface area contributed by atoms with E-state index in [1.54, 1.807) is 34.9 Å². The van der Waals surface area contributed by atoms with Gasteiger partial charge in [-0.25, -0.2) is 4.79 Å². The molecule has 1 aliphatic heterocycles. The van der Waals surface area contributed by atoms with Crippen molar-refractivity contribution in [3.8, 4) is 0 Å². The van der Waals surface area contributed by atoms with Gasteiger partial charge in [0.2, 0.25) is 0 Å². The standard InChI is InChI=1S/C21H14ClN3O6/c22-13-6-4-12(5-7-13)9-24-10-16(15-2-1-3-17(19(15)24)25(29)30)20(27)21(28)23-14-8-18(26)31-11-14/h1-8,10H,9,11H2,(H,23,28). The van der Waals surface area contributed by atoms with Crippen LogP contribution in [0.15, 0.2) is 60.4 Å². The molecule has 1 N–H and O–H groups in total. The predicted molar refractivity (Wildman–Crippen MR) is 111 cm³/mol. The monoisotopic (exact) mass is 439 g/mol. The number of esters is 1. The second kappa shape index (κ2) is 8.04. The average Bonchev–Trinajstić information content (AvgIpc) is 3.32. The van der Waals surface area contributed by atoms with Crippen LogP contribution >= 0.6 is 11.6 Å². The van der Waals surface area contributed by atoms with Crippen molar-refractivity contribution < 1.29 is 24.0 Å². The highest BCUT2D eigenvalue weighted by molar-refractivity contribution is 6.45. The van der Waals surface area contributed by atoms with Gasteiger partial charge in [0.25, 0.3) is 17.4 Å². The molecule has 0 fully saturated rings. The van der Waals surface area contributed by atoms with Gasteiger partial charge in [0.15, 0.2) is 0 Å². The van der Waals surface area contributed by atoms with Crippen molar-refractivity contribution in [1.82, 2.24) is 9.88 Å². The normalized spacial score (nSPS) is 13.1. The number of nitrogens with one attached hydrogen (secondary N) is 1. The number of fused-ring (bicyclic) bond motifs is 1. The third-order valence-corrected chi connectivity index (χ3v) is 4.98. The number of rotatable bonds is 6. The van der Waals surface area contributed by atoms with Crippen molar-refractivity contribution in [2.24, 2.45) is 0 Å². The van der Waals surface area contributed by atoms with E-state index in [2.05, 4.69) is 5.32 Å². The minimum absolute atomic E-state index is 0.0102. The Balaban J connectivity index is 1.75. The fourth-order valence-corrected chi connectivity index (χ4v) is 3.48. The Bertz CT molecular complexity index is 1280. The number of nitrogens with zero attached hydrogens (tertiary/aromatic N) is 2. The van der Waals surface area contributed by atoms with E-state index in [1.807, 2.05) is 0 Å².